The van der Waals surface area contributed by atoms with Crippen LogP contribution in [0.3, 0.4) is 0 Å². The minimum Gasteiger partial charge on any atom is -0.385 e. The predicted molar refractivity (Wildman–Crippen MR) is 81.8 cm³/mol. The van der Waals surface area contributed by atoms with Crippen LogP contribution < -0.4 is 5.32 Å². The number of aliphatic hydroxyl groups is 1. The van der Waals surface area contributed by atoms with Gasteiger partial charge in [0.15, 0.2) is 0 Å². The van der Waals surface area contributed by atoms with Crippen molar-refractivity contribution in [2.24, 2.45) is 0 Å². The minimum absolute atomic E-state index is 0.0720. The standard InChI is InChI=1S/C17H25NO3/c1-17(20,14-7-3-2-4-8-14)13-16(19)18-11-10-15-9-5-6-12-21-15/h2-4,7-8,15,20H,5-6,9-13H2,1H3,(H,18,19). The molecule has 0 spiro atoms. The molecule has 2 atom stereocenters. The highest BCUT2D eigenvalue weighted by Crippen LogP contribution is 2.23. The van der Waals surface area contributed by atoms with Crippen molar-refractivity contribution in [1.82, 2.24) is 5.32 Å². The first-order valence-electron chi connectivity index (χ1n) is 7.74. The van der Waals surface area contributed by atoms with Crippen molar-refractivity contribution in [2.75, 3.05) is 13.2 Å². The van der Waals surface area contributed by atoms with Crippen LogP contribution in [0.2, 0.25) is 0 Å². The SMILES string of the molecule is CC(O)(CC(=O)NCCC1CCCCO1)c1ccccc1. The average molecular weight is 291 g/mol. The van der Waals surface area contributed by atoms with Crippen LogP contribution in [0.15, 0.2) is 30.3 Å². The largest absolute Gasteiger partial charge is 0.385 e. The van der Waals surface area contributed by atoms with Gasteiger partial charge in [-0.25, -0.2) is 0 Å². The van der Waals surface area contributed by atoms with Gasteiger partial charge in [0.05, 0.1) is 18.1 Å². The van der Waals surface area contributed by atoms with E-state index in [2.05, 4.69) is 5.32 Å². The second-order valence-electron chi connectivity index (χ2n) is 5.94. The first-order valence-corrected chi connectivity index (χ1v) is 7.74. The number of rotatable bonds is 6. The van der Waals surface area contributed by atoms with Gasteiger partial charge in [0, 0.05) is 13.2 Å². The molecule has 1 saturated heterocycles. The third-order valence-corrected chi connectivity index (χ3v) is 3.96. The van der Waals surface area contributed by atoms with E-state index in [1.807, 2.05) is 30.3 Å². The Labute approximate surface area is 126 Å². The molecule has 1 aliphatic rings. The normalized spacial score (nSPS) is 21.5. The minimum atomic E-state index is -1.13. The zero-order valence-electron chi connectivity index (χ0n) is 12.7. The van der Waals surface area contributed by atoms with Gasteiger partial charge >= 0.3 is 0 Å². The lowest BCUT2D eigenvalue weighted by Gasteiger charge is -2.24. The number of benzene rings is 1. The summed E-state index contributed by atoms with van der Waals surface area (Å²) in [5.41, 5.74) is -0.372. The Kier molecular flexibility index (Phi) is 5.76. The Morgan fingerprint density at radius 1 is 1.38 bits per heavy atom. The molecule has 1 aliphatic heterocycles. The first-order chi connectivity index (χ1) is 10.1. The molecule has 1 aromatic rings. The van der Waals surface area contributed by atoms with E-state index in [-0.39, 0.29) is 18.4 Å². The van der Waals surface area contributed by atoms with E-state index >= 15 is 0 Å². The molecule has 116 valence electrons. The highest BCUT2D eigenvalue weighted by atomic mass is 16.5. The molecule has 0 radical (unpaired) electrons. The van der Waals surface area contributed by atoms with Crippen molar-refractivity contribution in [3.05, 3.63) is 35.9 Å². The monoisotopic (exact) mass is 291 g/mol. The van der Waals surface area contributed by atoms with Crippen molar-refractivity contribution >= 4 is 5.91 Å². The molecule has 0 saturated carbocycles. The van der Waals surface area contributed by atoms with Crippen LogP contribution in [-0.4, -0.2) is 30.3 Å². The molecule has 1 heterocycles. The predicted octanol–water partition coefficient (Wildman–Crippen LogP) is 2.36. The summed E-state index contributed by atoms with van der Waals surface area (Å²) in [5, 5.41) is 13.3. The number of carbonyl (C=O) groups is 1. The fourth-order valence-electron chi connectivity index (χ4n) is 2.68. The van der Waals surface area contributed by atoms with Gasteiger partial charge in [-0.15, -0.1) is 0 Å². The van der Waals surface area contributed by atoms with Crippen molar-refractivity contribution < 1.29 is 14.6 Å². The molecule has 0 aliphatic carbocycles. The van der Waals surface area contributed by atoms with E-state index in [1.165, 1.54) is 6.42 Å². The topological polar surface area (TPSA) is 58.6 Å². The molecule has 2 rings (SSSR count). The molecule has 21 heavy (non-hydrogen) atoms. The van der Waals surface area contributed by atoms with Gasteiger partial charge in [0.25, 0.3) is 0 Å². The fraction of sp³-hybridized carbons (Fsp3) is 0.588. The van der Waals surface area contributed by atoms with Crippen LogP contribution in [0, 0.1) is 0 Å². The Balaban J connectivity index is 1.73. The van der Waals surface area contributed by atoms with Crippen LogP contribution >= 0.6 is 0 Å². The molecule has 0 aromatic heterocycles. The van der Waals surface area contributed by atoms with Gasteiger partial charge in [-0.3, -0.25) is 4.79 Å². The Bertz CT molecular complexity index is 439. The molecule has 1 fully saturated rings. The first kappa shape index (κ1) is 16.0. The molecule has 1 aromatic carbocycles. The quantitative estimate of drug-likeness (QED) is 0.846. The lowest BCUT2D eigenvalue weighted by atomic mass is 9.92. The molecular weight excluding hydrogens is 266 g/mol. The molecule has 4 nitrogen and oxygen atoms in total. The molecule has 2 N–H and O–H groups in total. The fourth-order valence-corrected chi connectivity index (χ4v) is 2.68. The van der Waals surface area contributed by atoms with E-state index < -0.39 is 5.60 Å². The maximum absolute atomic E-state index is 12.0. The Morgan fingerprint density at radius 2 is 2.14 bits per heavy atom. The third-order valence-electron chi connectivity index (χ3n) is 3.96. The van der Waals surface area contributed by atoms with Crippen molar-refractivity contribution in [3.8, 4) is 0 Å². The summed E-state index contributed by atoms with van der Waals surface area (Å²) in [4.78, 5) is 12.0. The Hall–Kier alpha value is -1.39. The van der Waals surface area contributed by atoms with Crippen LogP contribution in [0.5, 0.6) is 0 Å². The molecule has 2 unspecified atom stereocenters. The van der Waals surface area contributed by atoms with Crippen LogP contribution in [0.25, 0.3) is 0 Å². The number of hydrogen-bond acceptors (Lipinski definition) is 3. The average Bonchev–Trinajstić information content (AvgIpc) is 2.49. The number of amides is 1. The number of ether oxygens (including phenoxy) is 1. The number of hydrogen-bond donors (Lipinski definition) is 2. The molecular formula is C17H25NO3. The number of nitrogens with one attached hydrogen (secondary N) is 1. The smallest absolute Gasteiger partial charge is 0.223 e. The summed E-state index contributed by atoms with van der Waals surface area (Å²) in [6, 6.07) is 9.29. The van der Waals surface area contributed by atoms with Gasteiger partial charge < -0.3 is 15.2 Å². The van der Waals surface area contributed by atoms with Gasteiger partial charge in [0.2, 0.25) is 5.91 Å². The third kappa shape index (κ3) is 5.14. The van der Waals surface area contributed by atoms with E-state index in [9.17, 15) is 9.90 Å². The maximum Gasteiger partial charge on any atom is 0.223 e. The van der Waals surface area contributed by atoms with Gasteiger partial charge in [0.1, 0.15) is 0 Å². The second kappa shape index (κ2) is 7.57. The van der Waals surface area contributed by atoms with Crippen LogP contribution in [-0.2, 0) is 15.1 Å². The van der Waals surface area contributed by atoms with E-state index in [0.29, 0.717) is 6.54 Å². The van der Waals surface area contributed by atoms with Crippen molar-refractivity contribution in [2.45, 2.75) is 50.7 Å². The lowest BCUT2D eigenvalue weighted by Crippen LogP contribution is -2.34. The van der Waals surface area contributed by atoms with Gasteiger partial charge in [-0.2, -0.15) is 0 Å². The summed E-state index contributed by atoms with van der Waals surface area (Å²) in [6.45, 7) is 3.11. The summed E-state index contributed by atoms with van der Waals surface area (Å²) < 4.78 is 5.63. The highest BCUT2D eigenvalue weighted by Gasteiger charge is 2.26. The molecule has 0 bridgehead atoms. The lowest BCUT2D eigenvalue weighted by molar-refractivity contribution is -0.126. The maximum atomic E-state index is 12.0. The van der Waals surface area contributed by atoms with Crippen molar-refractivity contribution in [1.29, 1.82) is 0 Å². The van der Waals surface area contributed by atoms with Crippen LogP contribution in [0.4, 0.5) is 0 Å². The summed E-state index contributed by atoms with van der Waals surface area (Å²) in [6.07, 6.45) is 4.62. The zero-order chi connectivity index (χ0) is 15.1. The summed E-state index contributed by atoms with van der Waals surface area (Å²) in [5.74, 6) is -0.125. The second-order valence-corrected chi connectivity index (χ2v) is 5.94. The van der Waals surface area contributed by atoms with Gasteiger partial charge in [-0.1, -0.05) is 30.3 Å². The van der Waals surface area contributed by atoms with E-state index in [4.69, 9.17) is 4.74 Å². The zero-order valence-corrected chi connectivity index (χ0v) is 12.7. The molecule has 4 heteroatoms. The Morgan fingerprint density at radius 3 is 2.81 bits per heavy atom. The molecule has 1 amide bonds. The summed E-state index contributed by atoms with van der Waals surface area (Å²) in [7, 11) is 0. The van der Waals surface area contributed by atoms with E-state index in [0.717, 1.165) is 31.4 Å². The highest BCUT2D eigenvalue weighted by molar-refractivity contribution is 5.77. The number of carbonyl (C=O) groups excluding carboxylic acids is 1. The summed E-state index contributed by atoms with van der Waals surface area (Å²) >= 11 is 0. The van der Waals surface area contributed by atoms with Crippen LogP contribution in [0.1, 0.15) is 44.6 Å². The van der Waals surface area contributed by atoms with Gasteiger partial charge in [-0.05, 0) is 38.2 Å². The van der Waals surface area contributed by atoms with Crippen molar-refractivity contribution in [3.63, 3.8) is 0 Å². The van der Waals surface area contributed by atoms with E-state index in [1.54, 1.807) is 6.92 Å².